The molecule has 2 aromatic carbocycles. The predicted octanol–water partition coefficient (Wildman–Crippen LogP) is 4.44. The topological polar surface area (TPSA) is 51.7 Å². The molecule has 0 saturated heterocycles. The second-order valence-electron chi connectivity index (χ2n) is 7.01. The van der Waals surface area contributed by atoms with Gasteiger partial charge in [-0.3, -0.25) is 4.79 Å². The minimum absolute atomic E-state index is 0.173. The number of para-hydroxylation sites is 1. The zero-order chi connectivity index (χ0) is 19.5. The highest BCUT2D eigenvalue weighted by molar-refractivity contribution is 7.18. The van der Waals surface area contributed by atoms with E-state index in [2.05, 4.69) is 11.1 Å². The van der Waals surface area contributed by atoms with E-state index in [0.717, 1.165) is 40.4 Å². The Balaban J connectivity index is 1.46. The lowest BCUT2D eigenvalue weighted by Gasteiger charge is -2.24. The zero-order valence-electron chi connectivity index (χ0n) is 16.2. The van der Waals surface area contributed by atoms with Gasteiger partial charge in [-0.1, -0.05) is 12.1 Å². The van der Waals surface area contributed by atoms with Crippen molar-refractivity contribution in [2.75, 3.05) is 14.2 Å². The van der Waals surface area contributed by atoms with Crippen LogP contribution in [0.15, 0.2) is 42.5 Å². The van der Waals surface area contributed by atoms with Gasteiger partial charge in [-0.05, 0) is 43.2 Å². The first-order valence-corrected chi connectivity index (χ1v) is 10.3. The number of rotatable bonds is 8. The van der Waals surface area contributed by atoms with Crippen LogP contribution in [0.1, 0.15) is 29.8 Å². The molecule has 1 fully saturated rings. The fourth-order valence-corrected chi connectivity index (χ4v) is 4.35. The smallest absolute Gasteiger partial charge is 0.223 e. The largest absolute Gasteiger partial charge is 0.497 e. The summed E-state index contributed by atoms with van der Waals surface area (Å²) in [5.74, 6) is 1.73. The monoisotopic (exact) mass is 396 g/mol. The van der Waals surface area contributed by atoms with Crippen LogP contribution in [0, 0.1) is 0 Å². The van der Waals surface area contributed by atoms with Gasteiger partial charge >= 0.3 is 0 Å². The van der Waals surface area contributed by atoms with Crippen molar-refractivity contribution in [1.29, 1.82) is 0 Å². The highest BCUT2D eigenvalue weighted by Gasteiger charge is 2.33. The molecule has 0 N–H and O–H groups in total. The highest BCUT2D eigenvalue weighted by Crippen LogP contribution is 2.33. The van der Waals surface area contributed by atoms with E-state index in [1.807, 2.05) is 41.3 Å². The van der Waals surface area contributed by atoms with E-state index in [-0.39, 0.29) is 5.91 Å². The Kier molecular flexibility index (Phi) is 5.48. The Morgan fingerprint density at radius 3 is 2.71 bits per heavy atom. The van der Waals surface area contributed by atoms with Gasteiger partial charge in [0, 0.05) is 31.0 Å². The first-order valence-electron chi connectivity index (χ1n) is 9.52. The van der Waals surface area contributed by atoms with Crippen molar-refractivity contribution in [3.8, 4) is 11.5 Å². The highest BCUT2D eigenvalue weighted by atomic mass is 32.1. The first-order chi connectivity index (χ1) is 13.7. The van der Waals surface area contributed by atoms with Gasteiger partial charge in [0.05, 0.1) is 29.4 Å². The van der Waals surface area contributed by atoms with Gasteiger partial charge < -0.3 is 14.4 Å². The van der Waals surface area contributed by atoms with E-state index in [1.54, 1.807) is 25.6 Å². The third-order valence-corrected chi connectivity index (χ3v) is 6.12. The summed E-state index contributed by atoms with van der Waals surface area (Å²) in [5, 5.41) is 1.02. The Morgan fingerprint density at radius 1 is 1.18 bits per heavy atom. The van der Waals surface area contributed by atoms with Gasteiger partial charge in [-0.15, -0.1) is 11.3 Å². The fraction of sp³-hybridized carbons (Fsp3) is 0.364. The fourth-order valence-electron chi connectivity index (χ4n) is 3.38. The molecule has 0 aliphatic heterocycles. The van der Waals surface area contributed by atoms with Crippen LogP contribution in [0.3, 0.4) is 0 Å². The van der Waals surface area contributed by atoms with Crippen molar-refractivity contribution in [3.63, 3.8) is 0 Å². The summed E-state index contributed by atoms with van der Waals surface area (Å²) in [4.78, 5) is 19.6. The third kappa shape index (κ3) is 4.12. The summed E-state index contributed by atoms with van der Waals surface area (Å²) in [5.41, 5.74) is 1.98. The van der Waals surface area contributed by atoms with Crippen molar-refractivity contribution >= 4 is 27.5 Å². The number of nitrogens with zero attached hydrogens (tertiary/aromatic N) is 2. The summed E-state index contributed by atoms with van der Waals surface area (Å²) < 4.78 is 12.0. The quantitative estimate of drug-likeness (QED) is 0.565. The number of aryl methyl sites for hydroxylation is 1. The molecule has 1 heterocycles. The van der Waals surface area contributed by atoms with Gasteiger partial charge in [0.15, 0.2) is 0 Å². The Bertz CT molecular complexity index is 948. The molecule has 6 heteroatoms. The van der Waals surface area contributed by atoms with Crippen LogP contribution >= 0.6 is 11.3 Å². The lowest BCUT2D eigenvalue weighted by atomic mass is 10.1. The maximum Gasteiger partial charge on any atom is 0.223 e. The van der Waals surface area contributed by atoms with Crippen LogP contribution in [0.25, 0.3) is 10.2 Å². The van der Waals surface area contributed by atoms with Crippen LogP contribution in [0.4, 0.5) is 0 Å². The molecule has 1 aliphatic rings. The van der Waals surface area contributed by atoms with Gasteiger partial charge in [0.1, 0.15) is 11.5 Å². The molecule has 1 amide bonds. The lowest BCUT2D eigenvalue weighted by Crippen LogP contribution is -2.32. The molecule has 1 saturated carbocycles. The van der Waals surface area contributed by atoms with Gasteiger partial charge in [0.25, 0.3) is 0 Å². The van der Waals surface area contributed by atoms with E-state index in [4.69, 9.17) is 9.47 Å². The standard InChI is InChI=1S/C22H24N2O3S/c1-26-17-9-10-19(27-2)15(13-17)14-24(16-7-8-16)22(25)12-11-21-23-18-5-3-4-6-20(18)28-21/h3-6,9-10,13,16H,7-8,11-12,14H2,1-2H3. The normalized spacial score (nSPS) is 13.5. The molecule has 0 bridgehead atoms. The SMILES string of the molecule is COc1ccc(OC)c(CN(C(=O)CCc2nc3ccccc3s2)C2CC2)c1. The molecule has 146 valence electrons. The average Bonchev–Trinajstić information content (AvgIpc) is 3.48. The molecule has 3 aromatic rings. The number of hydrogen-bond acceptors (Lipinski definition) is 5. The average molecular weight is 397 g/mol. The number of fused-ring (bicyclic) bond motifs is 1. The van der Waals surface area contributed by atoms with E-state index < -0.39 is 0 Å². The van der Waals surface area contributed by atoms with Gasteiger partial charge in [0.2, 0.25) is 5.91 Å². The van der Waals surface area contributed by atoms with Gasteiger partial charge in [-0.2, -0.15) is 0 Å². The summed E-state index contributed by atoms with van der Waals surface area (Å²) in [6.45, 7) is 0.545. The molecule has 0 radical (unpaired) electrons. The third-order valence-electron chi connectivity index (χ3n) is 5.03. The number of carbonyl (C=O) groups excluding carboxylic acids is 1. The van der Waals surface area contributed by atoms with Crippen LogP contribution in [0.2, 0.25) is 0 Å². The van der Waals surface area contributed by atoms with Crippen molar-refractivity contribution in [1.82, 2.24) is 9.88 Å². The molecule has 0 spiro atoms. The number of carbonyl (C=O) groups is 1. The Labute approximate surface area is 168 Å². The van der Waals surface area contributed by atoms with Crippen LogP contribution in [0.5, 0.6) is 11.5 Å². The van der Waals surface area contributed by atoms with Crippen LogP contribution in [-0.2, 0) is 17.8 Å². The second-order valence-corrected chi connectivity index (χ2v) is 8.12. The van der Waals surface area contributed by atoms with Crippen LogP contribution in [-0.4, -0.2) is 36.1 Å². The zero-order valence-corrected chi connectivity index (χ0v) is 17.0. The molecule has 1 aliphatic carbocycles. The van der Waals surface area contributed by atoms with Crippen molar-refractivity contribution in [2.24, 2.45) is 0 Å². The van der Waals surface area contributed by atoms with Crippen molar-refractivity contribution in [3.05, 3.63) is 53.0 Å². The molecule has 4 rings (SSSR count). The predicted molar refractivity (Wildman–Crippen MR) is 111 cm³/mol. The summed E-state index contributed by atoms with van der Waals surface area (Å²) in [6, 6.07) is 14.2. The van der Waals surface area contributed by atoms with Gasteiger partial charge in [-0.25, -0.2) is 4.98 Å². The number of thiazole rings is 1. The number of ether oxygens (including phenoxy) is 2. The molecule has 28 heavy (non-hydrogen) atoms. The minimum atomic E-state index is 0.173. The lowest BCUT2D eigenvalue weighted by molar-refractivity contribution is -0.132. The molecule has 0 atom stereocenters. The summed E-state index contributed by atoms with van der Waals surface area (Å²) in [7, 11) is 3.30. The molecule has 5 nitrogen and oxygen atoms in total. The maximum atomic E-state index is 13.0. The maximum absolute atomic E-state index is 13.0. The van der Waals surface area contributed by atoms with E-state index >= 15 is 0 Å². The van der Waals surface area contributed by atoms with Crippen molar-refractivity contribution < 1.29 is 14.3 Å². The first kappa shape index (κ1) is 18.7. The number of amides is 1. The minimum Gasteiger partial charge on any atom is -0.497 e. The van der Waals surface area contributed by atoms with Crippen molar-refractivity contribution in [2.45, 2.75) is 38.3 Å². The number of methoxy groups -OCH3 is 2. The number of aromatic nitrogens is 1. The van der Waals surface area contributed by atoms with Crippen LogP contribution < -0.4 is 9.47 Å². The molecule has 1 aromatic heterocycles. The number of hydrogen-bond donors (Lipinski definition) is 0. The van der Waals surface area contributed by atoms with E-state index in [1.165, 1.54) is 4.70 Å². The Hall–Kier alpha value is -2.60. The van der Waals surface area contributed by atoms with E-state index in [9.17, 15) is 4.79 Å². The second kappa shape index (κ2) is 8.19. The Morgan fingerprint density at radius 2 is 2.00 bits per heavy atom. The molecular weight excluding hydrogens is 372 g/mol. The number of benzene rings is 2. The summed E-state index contributed by atoms with van der Waals surface area (Å²) >= 11 is 1.67. The molecule has 0 unspecified atom stereocenters. The molecular formula is C22H24N2O3S. The summed E-state index contributed by atoms with van der Waals surface area (Å²) in [6.07, 6.45) is 3.29. The van der Waals surface area contributed by atoms with E-state index in [0.29, 0.717) is 25.4 Å².